The van der Waals surface area contributed by atoms with Crippen LogP contribution in [0, 0.1) is 5.92 Å². The van der Waals surface area contributed by atoms with Crippen molar-refractivity contribution < 1.29 is 51.0 Å². The third kappa shape index (κ3) is 9.13. The zero-order valence-electron chi connectivity index (χ0n) is 12.0. The van der Waals surface area contributed by atoms with Crippen LogP contribution in [0.25, 0.3) is 10.8 Å². The monoisotopic (exact) mass is 389 g/mol. The van der Waals surface area contributed by atoms with Gasteiger partial charge in [0.15, 0.2) is 0 Å². The Morgan fingerprint density at radius 3 is 2.11 bits per heavy atom. The molecule has 4 heteroatoms. The Labute approximate surface area is 151 Å². The van der Waals surface area contributed by atoms with E-state index < -0.39 is 0 Å². The molecule has 0 aliphatic rings. The van der Waals surface area contributed by atoms with E-state index in [0.717, 1.165) is 15.4 Å². The van der Waals surface area contributed by atoms with Gasteiger partial charge in [0.05, 0.1) is 0 Å². The van der Waals surface area contributed by atoms with Crippen LogP contribution >= 0.6 is 0 Å². The average molecular weight is 392 g/mol. The summed E-state index contributed by atoms with van der Waals surface area (Å²) in [4.78, 5) is 0. The minimum Gasteiger partial charge on any atom is -1.00 e. The topological polar surface area (TPSA) is 0 Å². The van der Waals surface area contributed by atoms with E-state index in [1.54, 1.807) is 0 Å². The van der Waals surface area contributed by atoms with Crippen LogP contribution in [0.1, 0.15) is 19.4 Å². The molecule has 0 bridgehead atoms. The van der Waals surface area contributed by atoms with Gasteiger partial charge in [-0.05, 0) is 12.3 Å². The maximum absolute atomic E-state index is 2.30. The molecule has 0 N–H and O–H groups in total. The first-order valence-electron chi connectivity index (χ1n) is 5.90. The number of halogens is 2. The molecule has 0 saturated carbocycles. The van der Waals surface area contributed by atoms with Gasteiger partial charge in [0, 0.05) is 9.52 Å². The van der Waals surface area contributed by atoms with E-state index in [0.29, 0.717) is 0 Å². The van der Waals surface area contributed by atoms with Crippen LogP contribution in [-0.4, -0.2) is 9.52 Å². The zero-order chi connectivity index (χ0) is 12.0. The Morgan fingerprint density at radius 1 is 1.11 bits per heavy atom. The van der Waals surface area contributed by atoms with E-state index in [1.807, 2.05) is 0 Å². The molecular formula is C15H21Cl2SiZr. The quantitative estimate of drug-likeness (QED) is 0.434. The van der Waals surface area contributed by atoms with Gasteiger partial charge < -0.3 is 24.8 Å². The van der Waals surface area contributed by atoms with Gasteiger partial charge in [-0.15, -0.1) is 40.6 Å². The van der Waals surface area contributed by atoms with E-state index in [-0.39, 0.29) is 51.0 Å². The van der Waals surface area contributed by atoms with Crippen LogP contribution in [0.3, 0.4) is 0 Å². The van der Waals surface area contributed by atoms with Crippen molar-refractivity contribution in [1.29, 1.82) is 0 Å². The molecule has 0 nitrogen and oxygen atoms in total. The van der Waals surface area contributed by atoms with Gasteiger partial charge in [0.2, 0.25) is 0 Å². The van der Waals surface area contributed by atoms with Crippen molar-refractivity contribution >= 4 is 20.3 Å². The molecule has 0 heterocycles. The summed E-state index contributed by atoms with van der Waals surface area (Å²) < 4.78 is 0. The number of rotatable bonds is 2. The number of fused-ring (bicyclic) bond motifs is 1. The van der Waals surface area contributed by atoms with Gasteiger partial charge in [-0.1, -0.05) is 33.0 Å². The fourth-order valence-corrected chi connectivity index (χ4v) is 1.80. The summed E-state index contributed by atoms with van der Waals surface area (Å²) in [5.74, 6) is 0.747. The minimum absolute atomic E-state index is 0. The summed E-state index contributed by atoms with van der Waals surface area (Å²) in [5.41, 5.74) is 1.47. The van der Waals surface area contributed by atoms with Gasteiger partial charge in [0.25, 0.3) is 0 Å². The molecule has 2 aromatic carbocycles. The average Bonchev–Trinajstić information content (AvgIpc) is 2.59. The summed E-state index contributed by atoms with van der Waals surface area (Å²) in [5, 5.41) is 2.75. The zero-order valence-corrected chi connectivity index (χ0v) is 17.0. The Kier molecular flexibility index (Phi) is 17.4. The summed E-state index contributed by atoms with van der Waals surface area (Å²) in [6.45, 7) is 8.83. The first-order valence-corrected chi connectivity index (χ1v) is 7.90. The van der Waals surface area contributed by atoms with E-state index in [9.17, 15) is 0 Å². The van der Waals surface area contributed by atoms with Crippen LogP contribution in [0.2, 0.25) is 13.1 Å². The summed E-state index contributed by atoms with van der Waals surface area (Å²) in [7, 11) is 1.08. The third-order valence-electron chi connectivity index (χ3n) is 2.32. The van der Waals surface area contributed by atoms with Crippen LogP contribution < -0.4 is 24.8 Å². The van der Waals surface area contributed by atoms with Crippen LogP contribution in [-0.2, 0) is 32.6 Å². The predicted octanol–water partition coefficient (Wildman–Crippen LogP) is -1.45. The second kappa shape index (κ2) is 13.5. The first-order chi connectivity index (χ1) is 7.67. The molecule has 0 aliphatic heterocycles. The van der Waals surface area contributed by atoms with Crippen molar-refractivity contribution in [1.82, 2.24) is 0 Å². The van der Waals surface area contributed by atoms with E-state index in [2.05, 4.69) is 63.3 Å². The standard InChI is InChI=1S/C13H15.C2H6Si.2ClH.Zr/c1-10(2)7-11-8-12-5-3-4-6-13(12)9-11;1-3-2;;;/h3-6,8-10H,7H2,1-2H3;1-2H3;2*1H;/q-1;;;;+3/p-2. The van der Waals surface area contributed by atoms with Crippen molar-refractivity contribution in [3.63, 3.8) is 0 Å². The van der Waals surface area contributed by atoms with Gasteiger partial charge in [-0.25, -0.2) is 0 Å². The van der Waals surface area contributed by atoms with Crippen LogP contribution in [0.15, 0.2) is 36.4 Å². The number of hydrogen-bond donors (Lipinski definition) is 0. The largest absolute Gasteiger partial charge is 3.00 e. The Bertz CT molecular complexity index is 394. The van der Waals surface area contributed by atoms with Crippen molar-refractivity contribution in [2.24, 2.45) is 5.92 Å². The molecular weight excluding hydrogens is 370 g/mol. The van der Waals surface area contributed by atoms with Crippen molar-refractivity contribution in [2.75, 3.05) is 0 Å². The Morgan fingerprint density at radius 2 is 1.63 bits per heavy atom. The molecule has 2 aromatic rings. The minimum atomic E-state index is 0. The second-order valence-electron chi connectivity index (χ2n) is 4.59. The van der Waals surface area contributed by atoms with Crippen molar-refractivity contribution in [3.8, 4) is 0 Å². The third-order valence-corrected chi connectivity index (χ3v) is 2.32. The smallest absolute Gasteiger partial charge is 1.00 e. The van der Waals surface area contributed by atoms with E-state index >= 15 is 0 Å². The van der Waals surface area contributed by atoms with Gasteiger partial charge in [0.1, 0.15) is 0 Å². The fourth-order valence-electron chi connectivity index (χ4n) is 1.80. The number of benzene rings is 1. The first kappa shape index (κ1) is 24.5. The van der Waals surface area contributed by atoms with Crippen LogP contribution in [0.4, 0.5) is 0 Å². The molecule has 0 atom stereocenters. The van der Waals surface area contributed by atoms with Gasteiger partial charge in [-0.2, -0.15) is 6.07 Å². The normalized spacial score (nSPS) is 8.68. The predicted molar refractivity (Wildman–Crippen MR) is 75.6 cm³/mol. The Hall–Kier alpha value is 0.510. The SMILES string of the molecule is CC(C)Cc1cc2ccccc2[cH-]1.C[Si]C.[Cl-].[Cl-].[Zr+3]. The molecule has 0 fully saturated rings. The van der Waals surface area contributed by atoms with Crippen molar-refractivity contribution in [3.05, 3.63) is 42.0 Å². The van der Waals surface area contributed by atoms with Gasteiger partial charge >= 0.3 is 26.2 Å². The molecule has 0 aliphatic carbocycles. The molecule has 0 spiro atoms. The maximum Gasteiger partial charge on any atom is 3.00 e. The number of hydrogen-bond acceptors (Lipinski definition) is 0. The second-order valence-corrected chi connectivity index (χ2v) is 5.59. The van der Waals surface area contributed by atoms with Gasteiger partial charge in [-0.3, -0.25) is 0 Å². The molecule has 2 rings (SSSR count). The summed E-state index contributed by atoms with van der Waals surface area (Å²) in [6, 6.07) is 13.2. The van der Waals surface area contributed by atoms with Crippen LogP contribution in [0.5, 0.6) is 0 Å². The molecule has 0 saturated heterocycles. The fraction of sp³-hybridized carbons (Fsp3) is 0.400. The Balaban J connectivity index is -0.000000393. The van der Waals surface area contributed by atoms with E-state index in [1.165, 1.54) is 22.8 Å². The molecule has 19 heavy (non-hydrogen) atoms. The molecule has 0 amide bonds. The molecule has 3 radical (unpaired) electrons. The maximum atomic E-state index is 2.30. The van der Waals surface area contributed by atoms with Crippen molar-refractivity contribution in [2.45, 2.75) is 33.4 Å². The molecule has 0 aromatic heterocycles. The summed E-state index contributed by atoms with van der Waals surface area (Å²) >= 11 is 0. The molecule has 0 unspecified atom stereocenters. The van der Waals surface area contributed by atoms with E-state index in [4.69, 9.17) is 0 Å². The summed E-state index contributed by atoms with van der Waals surface area (Å²) in [6.07, 6.45) is 1.19. The molecule has 103 valence electrons.